The van der Waals surface area contributed by atoms with E-state index in [1.165, 1.54) is 35.1 Å². The number of hydrogen-bond acceptors (Lipinski definition) is 6. The Labute approximate surface area is 185 Å². The third kappa shape index (κ3) is 4.52. The summed E-state index contributed by atoms with van der Waals surface area (Å²) in [6.07, 6.45) is -3.75. The first-order chi connectivity index (χ1) is 15.2. The number of amides is 1. The number of likely N-dealkylation sites (tertiary alicyclic amines) is 1. The van der Waals surface area contributed by atoms with E-state index in [1.807, 2.05) is 0 Å². The first-order valence-corrected chi connectivity index (χ1v) is 10.8. The van der Waals surface area contributed by atoms with Crippen molar-refractivity contribution in [3.63, 3.8) is 0 Å². The highest BCUT2D eigenvalue weighted by atomic mass is 32.1. The highest BCUT2D eigenvalue weighted by Gasteiger charge is 2.32. The van der Waals surface area contributed by atoms with Crippen molar-refractivity contribution < 1.29 is 27.5 Å². The molecule has 1 aromatic carbocycles. The van der Waals surface area contributed by atoms with Gasteiger partial charge in [0.25, 0.3) is 11.7 Å². The van der Waals surface area contributed by atoms with E-state index in [2.05, 4.69) is 10.1 Å². The fourth-order valence-electron chi connectivity index (χ4n) is 3.42. The van der Waals surface area contributed by atoms with Crippen LogP contribution in [0.3, 0.4) is 0 Å². The maximum atomic E-state index is 13.2. The molecule has 0 N–H and O–H groups in total. The van der Waals surface area contributed by atoms with Gasteiger partial charge in [0.2, 0.25) is 0 Å². The number of hydrogen-bond donors (Lipinski definition) is 0. The van der Waals surface area contributed by atoms with Gasteiger partial charge >= 0.3 is 12.1 Å². The van der Waals surface area contributed by atoms with E-state index in [1.54, 1.807) is 22.4 Å². The molecule has 32 heavy (non-hydrogen) atoms. The van der Waals surface area contributed by atoms with E-state index in [9.17, 15) is 22.8 Å². The molecule has 1 unspecified atom stereocenters. The van der Waals surface area contributed by atoms with Crippen LogP contribution >= 0.6 is 11.3 Å². The molecule has 2 aromatic heterocycles. The van der Waals surface area contributed by atoms with Gasteiger partial charge in [0.15, 0.2) is 11.9 Å². The molecule has 3 aromatic rings. The highest BCUT2D eigenvalue weighted by Crippen LogP contribution is 2.32. The second-order valence-corrected chi connectivity index (χ2v) is 8.22. The zero-order chi connectivity index (χ0) is 22.9. The van der Waals surface area contributed by atoms with E-state index in [-0.39, 0.29) is 23.2 Å². The quantitative estimate of drug-likeness (QED) is 0.530. The monoisotopic (exact) mass is 464 g/mol. The molecule has 0 aliphatic carbocycles. The van der Waals surface area contributed by atoms with Crippen LogP contribution in [0.5, 0.6) is 0 Å². The second-order valence-electron chi connectivity index (χ2n) is 7.28. The van der Waals surface area contributed by atoms with E-state index in [4.69, 9.17) is 4.74 Å². The molecule has 11 heteroatoms. The van der Waals surface area contributed by atoms with Crippen molar-refractivity contribution in [1.29, 1.82) is 0 Å². The smallest absolute Gasteiger partial charge is 0.416 e. The lowest BCUT2D eigenvalue weighted by atomic mass is 10.2. The Morgan fingerprint density at radius 1 is 1.16 bits per heavy atom. The molecule has 4 rings (SSSR count). The Kier molecular flexibility index (Phi) is 6.00. The third-order valence-electron chi connectivity index (χ3n) is 5.00. The molecule has 1 aliphatic rings. The van der Waals surface area contributed by atoms with Crippen molar-refractivity contribution in [2.45, 2.75) is 32.0 Å². The zero-order valence-electron chi connectivity index (χ0n) is 17.0. The molecular formula is C21H19F3N4O3S. The van der Waals surface area contributed by atoms with E-state index < -0.39 is 23.8 Å². The van der Waals surface area contributed by atoms with Crippen molar-refractivity contribution in [3.05, 3.63) is 53.2 Å². The molecule has 1 fully saturated rings. The van der Waals surface area contributed by atoms with Gasteiger partial charge in [0.05, 0.1) is 16.1 Å². The number of halogens is 3. The van der Waals surface area contributed by atoms with Crippen molar-refractivity contribution in [2.24, 2.45) is 0 Å². The molecule has 0 bridgehead atoms. The van der Waals surface area contributed by atoms with Gasteiger partial charge in [-0.3, -0.25) is 4.79 Å². The molecule has 0 spiro atoms. The van der Waals surface area contributed by atoms with E-state index in [0.717, 1.165) is 25.0 Å². The van der Waals surface area contributed by atoms with Crippen molar-refractivity contribution >= 4 is 23.2 Å². The number of carbonyl (C=O) groups excluding carboxylic acids is 2. The Hall–Kier alpha value is -3.21. The van der Waals surface area contributed by atoms with Crippen LogP contribution in [0.25, 0.3) is 16.4 Å². The molecule has 168 valence electrons. The highest BCUT2D eigenvalue weighted by molar-refractivity contribution is 7.13. The zero-order valence-corrected chi connectivity index (χ0v) is 17.8. The molecule has 1 aliphatic heterocycles. The van der Waals surface area contributed by atoms with Gasteiger partial charge < -0.3 is 9.64 Å². The summed E-state index contributed by atoms with van der Waals surface area (Å²) in [7, 11) is 0. The van der Waals surface area contributed by atoms with Gasteiger partial charge in [-0.25, -0.2) is 9.48 Å². The number of nitrogens with zero attached hydrogens (tertiary/aromatic N) is 4. The van der Waals surface area contributed by atoms with Gasteiger partial charge in [0.1, 0.15) is 0 Å². The summed E-state index contributed by atoms with van der Waals surface area (Å²) >= 11 is 1.30. The maximum Gasteiger partial charge on any atom is 0.416 e. The standard InChI is InChI=1S/C21H19F3N4O3S/c1-13(19(29)27-9-2-3-10-27)31-20(30)17-25-18(16-8-5-11-32-16)28(26-17)15-7-4-6-14(12-15)21(22,23)24/h4-8,11-13H,2-3,9-10H2,1H3. The third-order valence-corrected chi connectivity index (χ3v) is 5.86. The number of thiophene rings is 1. The summed E-state index contributed by atoms with van der Waals surface area (Å²) in [4.78, 5) is 31.5. The largest absolute Gasteiger partial charge is 0.447 e. The Morgan fingerprint density at radius 2 is 1.91 bits per heavy atom. The lowest BCUT2D eigenvalue weighted by molar-refractivity contribution is -0.139. The van der Waals surface area contributed by atoms with E-state index >= 15 is 0 Å². The summed E-state index contributed by atoms with van der Waals surface area (Å²) in [6.45, 7) is 2.71. The molecule has 0 radical (unpaired) electrons. The summed E-state index contributed by atoms with van der Waals surface area (Å²) in [6, 6.07) is 8.04. The van der Waals surface area contributed by atoms with Crippen LogP contribution in [-0.4, -0.2) is 50.7 Å². The molecular weight excluding hydrogens is 445 g/mol. The van der Waals surface area contributed by atoms with Gasteiger partial charge in [-0.05, 0) is 49.4 Å². The number of benzene rings is 1. The molecule has 1 atom stereocenters. The first-order valence-electron chi connectivity index (χ1n) is 9.92. The summed E-state index contributed by atoms with van der Waals surface area (Å²) in [5.74, 6) is -1.36. The predicted octanol–water partition coefficient (Wildman–Crippen LogP) is 4.18. The normalized spacial score (nSPS) is 15.1. The van der Waals surface area contributed by atoms with Crippen LogP contribution < -0.4 is 0 Å². The lowest BCUT2D eigenvalue weighted by Gasteiger charge is -2.19. The lowest BCUT2D eigenvalue weighted by Crippen LogP contribution is -2.38. The van der Waals surface area contributed by atoms with Crippen LogP contribution in [0.4, 0.5) is 13.2 Å². The minimum absolute atomic E-state index is 0.0935. The summed E-state index contributed by atoms with van der Waals surface area (Å²) in [5.41, 5.74) is -0.757. The Balaban J connectivity index is 1.65. The van der Waals surface area contributed by atoms with Gasteiger partial charge in [0, 0.05) is 13.1 Å². The summed E-state index contributed by atoms with van der Waals surface area (Å²) < 4.78 is 46.0. The molecule has 3 heterocycles. The van der Waals surface area contributed by atoms with Crippen LogP contribution in [0, 0.1) is 0 Å². The minimum Gasteiger partial charge on any atom is -0.447 e. The van der Waals surface area contributed by atoms with Gasteiger partial charge in [-0.15, -0.1) is 16.4 Å². The number of ether oxygens (including phenoxy) is 1. The molecule has 7 nitrogen and oxygen atoms in total. The second kappa shape index (κ2) is 8.73. The minimum atomic E-state index is -4.53. The van der Waals surface area contributed by atoms with Crippen LogP contribution in [0.15, 0.2) is 41.8 Å². The maximum absolute atomic E-state index is 13.2. The summed E-state index contributed by atoms with van der Waals surface area (Å²) in [5, 5.41) is 5.89. The fourth-order valence-corrected chi connectivity index (χ4v) is 4.11. The number of carbonyl (C=O) groups is 2. The topological polar surface area (TPSA) is 77.3 Å². The van der Waals surface area contributed by atoms with Gasteiger partial charge in [-0.2, -0.15) is 18.2 Å². The molecule has 1 amide bonds. The van der Waals surface area contributed by atoms with Crippen LogP contribution in [0.1, 0.15) is 35.9 Å². The first kappa shape index (κ1) is 22.0. The molecule has 1 saturated heterocycles. The van der Waals surface area contributed by atoms with Crippen LogP contribution in [0.2, 0.25) is 0 Å². The molecule has 0 saturated carbocycles. The average molecular weight is 464 g/mol. The van der Waals surface area contributed by atoms with Crippen molar-refractivity contribution in [2.75, 3.05) is 13.1 Å². The van der Waals surface area contributed by atoms with E-state index in [0.29, 0.717) is 18.0 Å². The SMILES string of the molecule is CC(OC(=O)c1nc(-c2cccs2)n(-c2cccc(C(F)(F)F)c2)n1)C(=O)N1CCCC1. The number of aromatic nitrogens is 3. The Morgan fingerprint density at radius 3 is 2.56 bits per heavy atom. The van der Waals surface area contributed by atoms with Crippen LogP contribution in [-0.2, 0) is 15.7 Å². The number of alkyl halides is 3. The Bertz CT molecular complexity index is 1120. The fraction of sp³-hybridized carbons (Fsp3) is 0.333. The van der Waals surface area contributed by atoms with Gasteiger partial charge in [-0.1, -0.05) is 12.1 Å². The number of rotatable bonds is 5. The van der Waals surface area contributed by atoms with Crippen molar-refractivity contribution in [3.8, 4) is 16.4 Å². The average Bonchev–Trinajstić information content (AvgIpc) is 3.53. The number of esters is 1. The van der Waals surface area contributed by atoms with Crippen molar-refractivity contribution in [1.82, 2.24) is 19.7 Å². The predicted molar refractivity (Wildman–Crippen MR) is 110 cm³/mol.